The highest BCUT2D eigenvalue weighted by Gasteiger charge is 2.19. The molecule has 3 aromatic carbocycles. The second kappa shape index (κ2) is 11.8. The Hall–Kier alpha value is -3.23. The van der Waals surface area contributed by atoms with Crippen LogP contribution in [0, 0.1) is 0 Å². The number of carbonyl (C=O) groups excluding carboxylic acids is 2. The first-order chi connectivity index (χ1) is 16.2. The highest BCUT2D eigenvalue weighted by Crippen LogP contribution is 2.24. The summed E-state index contributed by atoms with van der Waals surface area (Å²) in [5, 5.41) is 5.74. The highest BCUT2D eigenvalue weighted by atomic mass is 79.9. The van der Waals surface area contributed by atoms with Crippen LogP contribution in [0.15, 0.2) is 77.3 Å². The Balaban J connectivity index is 1.72. The van der Waals surface area contributed by atoms with Crippen molar-refractivity contribution >= 4 is 50.8 Å². The molecular formula is C26H26BrN3O3S. The van der Waals surface area contributed by atoms with E-state index in [0.717, 1.165) is 10.0 Å². The van der Waals surface area contributed by atoms with Crippen molar-refractivity contribution in [2.75, 3.05) is 12.4 Å². The van der Waals surface area contributed by atoms with Gasteiger partial charge in [0.05, 0.1) is 22.9 Å². The van der Waals surface area contributed by atoms with Crippen LogP contribution in [0.2, 0.25) is 0 Å². The zero-order chi connectivity index (χ0) is 24.7. The van der Waals surface area contributed by atoms with Gasteiger partial charge in [0, 0.05) is 18.1 Å². The Bertz CT molecular complexity index is 1180. The number of para-hydroxylation sites is 1. The SMILES string of the molecule is CC(C)Oc1ccc(Br)cc1C(=O)NC(=S)Nc1ccccc1C(=O)N(C)Cc1ccccc1. The Kier molecular flexibility index (Phi) is 8.79. The fraction of sp³-hybridized carbons (Fsp3) is 0.192. The summed E-state index contributed by atoms with van der Waals surface area (Å²) in [5.74, 6) is -0.128. The first kappa shape index (κ1) is 25.4. The van der Waals surface area contributed by atoms with Gasteiger partial charge in [0.25, 0.3) is 11.8 Å². The molecule has 0 bridgehead atoms. The molecule has 0 aromatic heterocycles. The molecule has 0 atom stereocenters. The monoisotopic (exact) mass is 539 g/mol. The van der Waals surface area contributed by atoms with E-state index < -0.39 is 5.91 Å². The van der Waals surface area contributed by atoms with Gasteiger partial charge in [0.2, 0.25) is 0 Å². The van der Waals surface area contributed by atoms with E-state index in [1.54, 1.807) is 54.4 Å². The predicted octanol–water partition coefficient (Wildman–Crippen LogP) is 5.64. The van der Waals surface area contributed by atoms with Crippen LogP contribution < -0.4 is 15.4 Å². The first-order valence-corrected chi connectivity index (χ1v) is 11.9. The molecule has 176 valence electrons. The lowest BCUT2D eigenvalue weighted by atomic mass is 10.1. The number of carbonyl (C=O) groups is 2. The zero-order valence-electron chi connectivity index (χ0n) is 19.2. The number of ether oxygens (including phenoxy) is 1. The van der Waals surface area contributed by atoms with Gasteiger partial charge in [-0.2, -0.15) is 0 Å². The summed E-state index contributed by atoms with van der Waals surface area (Å²) in [5.41, 5.74) is 2.33. The fourth-order valence-electron chi connectivity index (χ4n) is 3.27. The van der Waals surface area contributed by atoms with Crippen LogP contribution in [0.3, 0.4) is 0 Å². The van der Waals surface area contributed by atoms with E-state index in [1.807, 2.05) is 44.2 Å². The maximum Gasteiger partial charge on any atom is 0.261 e. The van der Waals surface area contributed by atoms with Crippen molar-refractivity contribution in [3.63, 3.8) is 0 Å². The number of halogens is 1. The lowest BCUT2D eigenvalue weighted by Crippen LogP contribution is -2.35. The minimum atomic E-state index is -0.417. The van der Waals surface area contributed by atoms with Gasteiger partial charge in [-0.3, -0.25) is 14.9 Å². The molecule has 8 heteroatoms. The third-order valence-electron chi connectivity index (χ3n) is 4.79. The Morgan fingerprint density at radius 1 is 1.00 bits per heavy atom. The molecule has 0 aliphatic heterocycles. The van der Waals surface area contributed by atoms with E-state index in [0.29, 0.717) is 29.1 Å². The molecule has 0 saturated carbocycles. The molecule has 0 unspecified atom stereocenters. The zero-order valence-corrected chi connectivity index (χ0v) is 21.6. The number of thiocarbonyl (C=S) groups is 1. The number of nitrogens with one attached hydrogen (secondary N) is 2. The summed E-state index contributed by atoms with van der Waals surface area (Å²) >= 11 is 8.76. The van der Waals surface area contributed by atoms with Crippen molar-refractivity contribution in [1.82, 2.24) is 10.2 Å². The van der Waals surface area contributed by atoms with Gasteiger partial charge in [0.1, 0.15) is 5.75 Å². The van der Waals surface area contributed by atoms with E-state index in [2.05, 4.69) is 26.6 Å². The molecule has 3 rings (SSSR count). The van der Waals surface area contributed by atoms with Gasteiger partial charge in [-0.1, -0.05) is 58.4 Å². The smallest absolute Gasteiger partial charge is 0.261 e. The second-order valence-corrected chi connectivity index (χ2v) is 9.23. The van der Waals surface area contributed by atoms with Crippen LogP contribution in [0.5, 0.6) is 5.75 Å². The second-order valence-electron chi connectivity index (χ2n) is 7.91. The van der Waals surface area contributed by atoms with E-state index in [9.17, 15) is 9.59 Å². The van der Waals surface area contributed by atoms with Crippen LogP contribution in [0.25, 0.3) is 0 Å². The summed E-state index contributed by atoms with van der Waals surface area (Å²) in [4.78, 5) is 27.7. The van der Waals surface area contributed by atoms with Crippen LogP contribution >= 0.6 is 28.1 Å². The quantitative estimate of drug-likeness (QED) is 0.380. The highest BCUT2D eigenvalue weighted by molar-refractivity contribution is 9.10. The number of benzene rings is 3. The van der Waals surface area contributed by atoms with Gasteiger partial charge in [0.15, 0.2) is 5.11 Å². The minimum Gasteiger partial charge on any atom is -0.490 e. The topological polar surface area (TPSA) is 70.7 Å². The molecule has 0 saturated heterocycles. The van der Waals surface area contributed by atoms with Gasteiger partial charge >= 0.3 is 0 Å². The molecule has 2 amide bonds. The van der Waals surface area contributed by atoms with Crippen LogP contribution in [0.4, 0.5) is 5.69 Å². The fourth-order valence-corrected chi connectivity index (χ4v) is 3.84. The molecule has 2 N–H and O–H groups in total. The minimum absolute atomic E-state index is 0.0754. The van der Waals surface area contributed by atoms with Crippen molar-refractivity contribution < 1.29 is 14.3 Å². The number of anilines is 1. The van der Waals surface area contributed by atoms with Crippen LogP contribution in [0.1, 0.15) is 40.1 Å². The lowest BCUT2D eigenvalue weighted by molar-refractivity contribution is 0.0786. The number of hydrogen-bond donors (Lipinski definition) is 2. The molecule has 0 spiro atoms. The third kappa shape index (κ3) is 6.88. The van der Waals surface area contributed by atoms with Crippen molar-refractivity contribution in [2.24, 2.45) is 0 Å². The van der Waals surface area contributed by atoms with Gasteiger partial charge in [-0.15, -0.1) is 0 Å². The van der Waals surface area contributed by atoms with Crippen LogP contribution in [-0.4, -0.2) is 35.0 Å². The number of rotatable bonds is 7. The molecule has 0 fully saturated rings. The average Bonchev–Trinajstić information content (AvgIpc) is 2.80. The predicted molar refractivity (Wildman–Crippen MR) is 142 cm³/mol. The normalized spacial score (nSPS) is 10.5. The van der Waals surface area contributed by atoms with Gasteiger partial charge in [-0.05, 0) is 62.0 Å². The lowest BCUT2D eigenvalue weighted by Gasteiger charge is -2.20. The maximum absolute atomic E-state index is 13.1. The summed E-state index contributed by atoms with van der Waals surface area (Å²) < 4.78 is 6.49. The molecule has 0 radical (unpaired) electrons. The van der Waals surface area contributed by atoms with Gasteiger partial charge < -0.3 is 15.0 Å². The Morgan fingerprint density at radius 2 is 1.68 bits per heavy atom. The standard InChI is InChI=1S/C26H26BrN3O3S/c1-17(2)33-23-14-13-19(27)15-21(23)24(31)29-26(34)28-22-12-8-7-11-20(22)25(32)30(3)16-18-9-5-4-6-10-18/h4-15,17H,16H2,1-3H3,(H2,28,29,31,34). The van der Waals surface area contributed by atoms with Crippen molar-refractivity contribution in [3.8, 4) is 5.75 Å². The third-order valence-corrected chi connectivity index (χ3v) is 5.49. The molecule has 6 nitrogen and oxygen atoms in total. The van der Waals surface area contributed by atoms with Crippen molar-refractivity contribution in [2.45, 2.75) is 26.5 Å². The molecular weight excluding hydrogens is 514 g/mol. The van der Waals surface area contributed by atoms with E-state index in [4.69, 9.17) is 17.0 Å². The number of amides is 2. The number of hydrogen-bond acceptors (Lipinski definition) is 4. The summed E-state index contributed by atoms with van der Waals surface area (Å²) in [6.07, 6.45) is -0.0939. The molecule has 3 aromatic rings. The Labute approximate surface area is 213 Å². The van der Waals surface area contributed by atoms with E-state index in [-0.39, 0.29) is 17.1 Å². The average molecular weight is 540 g/mol. The number of nitrogens with zero attached hydrogens (tertiary/aromatic N) is 1. The molecule has 0 heterocycles. The van der Waals surface area contributed by atoms with Crippen LogP contribution in [-0.2, 0) is 6.54 Å². The largest absolute Gasteiger partial charge is 0.490 e. The van der Waals surface area contributed by atoms with E-state index in [1.165, 1.54) is 0 Å². The molecule has 0 aliphatic rings. The van der Waals surface area contributed by atoms with Crippen molar-refractivity contribution in [1.29, 1.82) is 0 Å². The maximum atomic E-state index is 13.1. The van der Waals surface area contributed by atoms with E-state index >= 15 is 0 Å². The Morgan fingerprint density at radius 3 is 2.38 bits per heavy atom. The molecule has 34 heavy (non-hydrogen) atoms. The van der Waals surface area contributed by atoms with Gasteiger partial charge in [-0.25, -0.2) is 0 Å². The first-order valence-electron chi connectivity index (χ1n) is 10.7. The summed E-state index contributed by atoms with van der Waals surface area (Å²) in [7, 11) is 1.75. The summed E-state index contributed by atoms with van der Waals surface area (Å²) in [6.45, 7) is 4.24. The summed E-state index contributed by atoms with van der Waals surface area (Å²) in [6, 6.07) is 22.0. The molecule has 0 aliphatic carbocycles. The van der Waals surface area contributed by atoms with Crippen molar-refractivity contribution in [3.05, 3.63) is 94.0 Å².